The number of hydrogen-bond acceptors (Lipinski definition) is 8. The molecule has 5 unspecified atom stereocenters. The van der Waals surface area contributed by atoms with Gasteiger partial charge in [0.1, 0.15) is 18.1 Å². The number of aromatic nitrogens is 2. The average Bonchev–Trinajstić information content (AvgIpc) is 3.31. The van der Waals surface area contributed by atoms with Gasteiger partial charge in [0.05, 0.1) is 18.8 Å². The fourth-order valence-corrected chi connectivity index (χ4v) is 3.13. The van der Waals surface area contributed by atoms with Crippen molar-refractivity contribution >= 4 is 35.6 Å². The van der Waals surface area contributed by atoms with E-state index in [-0.39, 0.29) is 19.3 Å². The summed E-state index contributed by atoms with van der Waals surface area (Å²) in [6, 6.07) is -5.38. The van der Waals surface area contributed by atoms with Crippen LogP contribution in [0.15, 0.2) is 12.5 Å². The van der Waals surface area contributed by atoms with Crippen molar-refractivity contribution in [1.82, 2.24) is 25.9 Å². The second kappa shape index (κ2) is 14.4. The molecule has 0 saturated heterocycles. The maximum absolute atomic E-state index is 13.0. The molecule has 0 spiro atoms. The number of imidazole rings is 1. The van der Waals surface area contributed by atoms with Crippen LogP contribution < -0.4 is 27.4 Å². The number of H-pyrrole nitrogens is 1. The van der Waals surface area contributed by atoms with Crippen LogP contribution in [0.25, 0.3) is 0 Å². The molecule has 1 aromatic heterocycles. The summed E-state index contributed by atoms with van der Waals surface area (Å²) in [6.45, 7) is 3.38. The van der Waals surface area contributed by atoms with E-state index in [1.165, 1.54) is 12.5 Å². The lowest BCUT2D eigenvalue weighted by Gasteiger charge is -2.27. The maximum Gasteiger partial charge on any atom is 0.326 e. The number of amides is 4. The number of carbonyl (C=O) groups is 6. The number of nitrogens with two attached hydrogens (primary N) is 2. The van der Waals surface area contributed by atoms with E-state index in [1.807, 2.05) is 0 Å². The van der Waals surface area contributed by atoms with E-state index in [4.69, 9.17) is 11.5 Å². The summed E-state index contributed by atoms with van der Waals surface area (Å²) in [7, 11) is 0. The third kappa shape index (κ3) is 10.1. The van der Waals surface area contributed by atoms with Gasteiger partial charge < -0.3 is 42.6 Å². The number of aliphatic carboxylic acids is 2. The van der Waals surface area contributed by atoms with Crippen LogP contribution in [0.3, 0.4) is 0 Å². The van der Waals surface area contributed by atoms with Crippen LogP contribution in [0.2, 0.25) is 0 Å². The third-order valence-corrected chi connectivity index (χ3v) is 5.44. The summed E-state index contributed by atoms with van der Waals surface area (Å²) in [6.07, 6.45) is 1.95. The van der Waals surface area contributed by atoms with E-state index in [2.05, 4.69) is 25.9 Å². The van der Waals surface area contributed by atoms with Gasteiger partial charge >= 0.3 is 11.9 Å². The topological polar surface area (TPSA) is 260 Å². The Morgan fingerprint density at radius 2 is 1.67 bits per heavy atom. The Hall–Kier alpha value is -4.01. The quantitative estimate of drug-likeness (QED) is 0.117. The van der Waals surface area contributed by atoms with E-state index >= 15 is 0 Å². The fourth-order valence-electron chi connectivity index (χ4n) is 3.13. The highest BCUT2D eigenvalue weighted by Crippen LogP contribution is 2.10. The number of carboxylic acids is 2. The zero-order valence-corrected chi connectivity index (χ0v) is 20.0. The van der Waals surface area contributed by atoms with Crippen molar-refractivity contribution in [1.29, 1.82) is 0 Å². The van der Waals surface area contributed by atoms with Crippen LogP contribution in [0, 0.1) is 5.92 Å². The number of nitrogens with zero attached hydrogens (tertiary/aromatic N) is 1. The minimum atomic E-state index is -1.59. The van der Waals surface area contributed by atoms with Crippen molar-refractivity contribution in [2.75, 3.05) is 0 Å². The van der Waals surface area contributed by atoms with Crippen molar-refractivity contribution in [3.05, 3.63) is 18.2 Å². The minimum absolute atomic E-state index is 0.0941. The predicted molar refractivity (Wildman–Crippen MR) is 124 cm³/mol. The predicted octanol–water partition coefficient (Wildman–Crippen LogP) is -2.40. The van der Waals surface area contributed by atoms with Gasteiger partial charge in [0.2, 0.25) is 23.6 Å². The molecule has 4 amide bonds. The molecule has 15 heteroatoms. The van der Waals surface area contributed by atoms with Crippen molar-refractivity contribution in [2.24, 2.45) is 17.4 Å². The number of aromatic amines is 1. The van der Waals surface area contributed by atoms with E-state index in [9.17, 15) is 39.0 Å². The summed E-state index contributed by atoms with van der Waals surface area (Å²) in [5.74, 6) is -6.55. The SMILES string of the molecule is CCC(C)C(NC(=O)C(CC(=O)O)NC(=O)C(N)CCC(N)=O)C(=O)NC(Cc1cnc[nH]1)C(=O)O. The Kier molecular flexibility index (Phi) is 12.0. The summed E-state index contributed by atoms with van der Waals surface area (Å²) in [4.78, 5) is 78.6. The van der Waals surface area contributed by atoms with Gasteiger partial charge in [-0.2, -0.15) is 0 Å². The molecule has 1 aromatic rings. The van der Waals surface area contributed by atoms with Crippen molar-refractivity contribution in [3.8, 4) is 0 Å². The molecular formula is C21H33N7O8. The lowest BCUT2D eigenvalue weighted by Crippen LogP contribution is -2.59. The first kappa shape index (κ1) is 30.0. The molecule has 1 heterocycles. The second-order valence-electron chi connectivity index (χ2n) is 8.32. The molecule has 15 nitrogen and oxygen atoms in total. The van der Waals surface area contributed by atoms with Gasteiger partial charge in [-0.15, -0.1) is 0 Å². The molecule has 0 fully saturated rings. The van der Waals surface area contributed by atoms with Crippen LogP contribution in [-0.2, 0) is 35.2 Å². The standard InChI is InChI=1S/C21H33N7O8/c1-3-10(2)17(20(34)27-14(21(35)36)6-11-8-24-9-25-11)28-19(33)13(7-16(30)31)26-18(32)12(22)4-5-15(23)29/h8-10,12-14,17H,3-7,22H2,1-2H3,(H2,23,29)(H,24,25)(H,26,32)(H,27,34)(H,28,33)(H,30,31)(H,35,36). The average molecular weight is 512 g/mol. The fraction of sp³-hybridized carbons (Fsp3) is 0.571. The highest BCUT2D eigenvalue weighted by Gasteiger charge is 2.33. The zero-order chi connectivity index (χ0) is 27.4. The molecule has 0 aliphatic rings. The summed E-state index contributed by atoms with van der Waals surface area (Å²) >= 11 is 0. The molecule has 0 aromatic carbocycles. The van der Waals surface area contributed by atoms with E-state index < -0.39 is 72.1 Å². The Bertz CT molecular complexity index is 937. The first-order valence-electron chi connectivity index (χ1n) is 11.2. The number of rotatable bonds is 16. The largest absolute Gasteiger partial charge is 0.481 e. The minimum Gasteiger partial charge on any atom is -0.481 e. The summed E-state index contributed by atoms with van der Waals surface area (Å²) in [5.41, 5.74) is 11.2. The zero-order valence-electron chi connectivity index (χ0n) is 20.0. The van der Waals surface area contributed by atoms with Crippen LogP contribution in [-0.4, -0.2) is 79.9 Å². The Balaban J connectivity index is 2.99. The van der Waals surface area contributed by atoms with Gasteiger partial charge in [0.15, 0.2) is 0 Å². The first-order valence-corrected chi connectivity index (χ1v) is 11.2. The van der Waals surface area contributed by atoms with Gasteiger partial charge in [-0.3, -0.25) is 24.0 Å². The Morgan fingerprint density at radius 3 is 2.17 bits per heavy atom. The van der Waals surface area contributed by atoms with Gasteiger partial charge in [-0.05, 0) is 12.3 Å². The molecule has 0 saturated carbocycles. The first-order chi connectivity index (χ1) is 16.8. The van der Waals surface area contributed by atoms with Crippen LogP contribution in [0.4, 0.5) is 0 Å². The van der Waals surface area contributed by atoms with Gasteiger partial charge in [0, 0.05) is 24.7 Å². The highest BCUT2D eigenvalue weighted by atomic mass is 16.4. The number of carbonyl (C=O) groups excluding carboxylic acids is 4. The molecular weight excluding hydrogens is 478 g/mol. The normalized spacial score (nSPS) is 15.0. The molecule has 0 bridgehead atoms. The lowest BCUT2D eigenvalue weighted by molar-refractivity contribution is -0.143. The summed E-state index contributed by atoms with van der Waals surface area (Å²) < 4.78 is 0. The number of hydrogen-bond donors (Lipinski definition) is 8. The molecule has 0 aliphatic heterocycles. The van der Waals surface area contributed by atoms with Gasteiger partial charge in [-0.1, -0.05) is 20.3 Å². The monoisotopic (exact) mass is 511 g/mol. The van der Waals surface area contributed by atoms with Crippen LogP contribution in [0.5, 0.6) is 0 Å². The molecule has 200 valence electrons. The number of primary amides is 1. The maximum atomic E-state index is 13.0. The van der Waals surface area contributed by atoms with E-state index in [0.29, 0.717) is 12.1 Å². The van der Waals surface area contributed by atoms with Crippen LogP contribution >= 0.6 is 0 Å². The number of carboxylic acid groups (broad SMARTS) is 2. The molecule has 5 atom stereocenters. The molecule has 1 rings (SSSR count). The molecule has 10 N–H and O–H groups in total. The smallest absolute Gasteiger partial charge is 0.326 e. The van der Waals surface area contributed by atoms with Gasteiger partial charge in [0.25, 0.3) is 0 Å². The second-order valence-corrected chi connectivity index (χ2v) is 8.32. The van der Waals surface area contributed by atoms with E-state index in [0.717, 1.165) is 0 Å². The van der Waals surface area contributed by atoms with Crippen molar-refractivity contribution < 1.29 is 39.0 Å². The van der Waals surface area contributed by atoms with Gasteiger partial charge in [-0.25, -0.2) is 9.78 Å². The Labute approximate surface area is 206 Å². The molecule has 36 heavy (non-hydrogen) atoms. The van der Waals surface area contributed by atoms with Crippen molar-refractivity contribution in [2.45, 2.75) is 70.1 Å². The number of nitrogens with one attached hydrogen (secondary N) is 4. The highest BCUT2D eigenvalue weighted by molar-refractivity contribution is 5.95. The Morgan fingerprint density at radius 1 is 1.03 bits per heavy atom. The lowest BCUT2D eigenvalue weighted by atomic mass is 9.97. The molecule has 0 radical (unpaired) electrons. The molecule has 0 aliphatic carbocycles. The van der Waals surface area contributed by atoms with Crippen molar-refractivity contribution in [3.63, 3.8) is 0 Å². The third-order valence-electron chi connectivity index (χ3n) is 5.44. The van der Waals surface area contributed by atoms with Crippen LogP contribution in [0.1, 0.15) is 45.2 Å². The van der Waals surface area contributed by atoms with E-state index in [1.54, 1.807) is 13.8 Å². The summed E-state index contributed by atoms with van der Waals surface area (Å²) in [5, 5.41) is 25.7.